The van der Waals surface area contributed by atoms with E-state index >= 15 is 0 Å². The Kier molecular flexibility index (Phi) is 9.18. The van der Waals surface area contributed by atoms with Crippen molar-refractivity contribution in [3.8, 4) is 0 Å². The van der Waals surface area contributed by atoms with Crippen molar-refractivity contribution in [2.75, 3.05) is 26.9 Å². The molecule has 158 valence electrons. The van der Waals surface area contributed by atoms with Crippen LogP contribution in [0.15, 0.2) is 0 Å². The number of rotatable bonds is 10. The van der Waals surface area contributed by atoms with Crippen LogP contribution in [0.1, 0.15) is 66.2 Å². The topological polar surface area (TPSA) is 101 Å². The summed E-state index contributed by atoms with van der Waals surface area (Å²) in [5.41, 5.74) is 1.78. The van der Waals surface area contributed by atoms with E-state index < -0.39 is 12.0 Å². The first-order valence-corrected chi connectivity index (χ1v) is 9.62. The molecule has 8 heteroatoms. The van der Waals surface area contributed by atoms with Crippen molar-refractivity contribution in [3.63, 3.8) is 0 Å². The lowest BCUT2D eigenvalue weighted by atomic mass is 10.00. The lowest BCUT2D eigenvalue weighted by molar-refractivity contribution is 0.0593. The molecule has 2 N–H and O–H groups in total. The first kappa shape index (κ1) is 23.7. The first-order chi connectivity index (χ1) is 13.1. The van der Waals surface area contributed by atoms with E-state index in [1.807, 2.05) is 20.8 Å². The molecule has 0 aliphatic carbocycles. The highest BCUT2D eigenvalue weighted by Crippen LogP contribution is 2.22. The Bertz CT molecular complexity index is 696. The summed E-state index contributed by atoms with van der Waals surface area (Å²) in [6.45, 7) is 12.3. The Balaban J connectivity index is 3.11. The highest BCUT2D eigenvalue weighted by atomic mass is 16.5. The minimum atomic E-state index is -0.695. The van der Waals surface area contributed by atoms with Crippen molar-refractivity contribution in [3.05, 3.63) is 22.5 Å². The standard InChI is InChI=1S/C20H33N3O5/c1-8-28-11-9-10-23(20(26)21-12(2)3)15(6)18(24)16-13(4)17(19(25)27-7)22-14(16)5/h12,15,22H,8-11H2,1-7H3,(H,21,26). The van der Waals surface area contributed by atoms with Crippen molar-refractivity contribution in [1.29, 1.82) is 0 Å². The number of hydrogen-bond acceptors (Lipinski definition) is 5. The van der Waals surface area contributed by atoms with Crippen molar-refractivity contribution in [1.82, 2.24) is 15.2 Å². The van der Waals surface area contributed by atoms with Gasteiger partial charge in [-0.05, 0) is 53.5 Å². The largest absolute Gasteiger partial charge is 0.464 e. The molecule has 0 saturated carbocycles. The zero-order chi connectivity index (χ0) is 21.4. The second-order valence-electron chi connectivity index (χ2n) is 7.00. The van der Waals surface area contributed by atoms with Gasteiger partial charge in [-0.2, -0.15) is 0 Å². The number of methoxy groups -OCH3 is 1. The SMILES string of the molecule is CCOCCCN(C(=O)NC(C)C)C(C)C(=O)c1c(C)[nH]c(C(=O)OC)c1C. The molecule has 1 aromatic rings. The Morgan fingerprint density at radius 3 is 2.36 bits per heavy atom. The summed E-state index contributed by atoms with van der Waals surface area (Å²) in [6, 6.07) is -1.05. The summed E-state index contributed by atoms with van der Waals surface area (Å²) in [5.74, 6) is -0.754. The quantitative estimate of drug-likeness (QED) is 0.360. The van der Waals surface area contributed by atoms with Gasteiger partial charge >= 0.3 is 12.0 Å². The highest BCUT2D eigenvalue weighted by molar-refractivity contribution is 6.06. The first-order valence-electron chi connectivity index (χ1n) is 9.62. The van der Waals surface area contributed by atoms with E-state index in [4.69, 9.17) is 9.47 Å². The number of amides is 2. The number of ether oxygens (including phenoxy) is 2. The molecule has 1 heterocycles. The fraction of sp³-hybridized carbons (Fsp3) is 0.650. The van der Waals surface area contributed by atoms with Crippen LogP contribution >= 0.6 is 0 Å². The maximum atomic E-state index is 13.2. The van der Waals surface area contributed by atoms with Gasteiger partial charge in [0.1, 0.15) is 5.69 Å². The van der Waals surface area contributed by atoms with Crippen LogP contribution in [0.2, 0.25) is 0 Å². The minimum absolute atomic E-state index is 0.0501. The van der Waals surface area contributed by atoms with E-state index in [1.165, 1.54) is 12.0 Å². The van der Waals surface area contributed by atoms with Gasteiger partial charge in [-0.25, -0.2) is 9.59 Å². The van der Waals surface area contributed by atoms with Crippen LogP contribution in [0.25, 0.3) is 0 Å². The molecule has 0 spiro atoms. The molecule has 0 bridgehead atoms. The molecule has 0 aliphatic rings. The van der Waals surface area contributed by atoms with Crippen LogP contribution in [0.5, 0.6) is 0 Å². The predicted octanol–water partition coefficient (Wildman–Crippen LogP) is 2.84. The number of esters is 1. The number of Topliss-reactive ketones (excluding diaryl/α,β-unsaturated/α-hetero) is 1. The molecule has 0 aromatic carbocycles. The van der Waals surface area contributed by atoms with Gasteiger partial charge in [0.05, 0.1) is 13.2 Å². The van der Waals surface area contributed by atoms with Crippen molar-refractivity contribution >= 4 is 17.8 Å². The number of H-pyrrole nitrogens is 1. The van der Waals surface area contributed by atoms with E-state index in [-0.39, 0.29) is 23.6 Å². The number of hydrogen-bond donors (Lipinski definition) is 2. The second-order valence-corrected chi connectivity index (χ2v) is 7.00. The third-order valence-corrected chi connectivity index (χ3v) is 4.49. The summed E-state index contributed by atoms with van der Waals surface area (Å²) in [4.78, 5) is 42.2. The zero-order valence-corrected chi connectivity index (χ0v) is 18.0. The van der Waals surface area contributed by atoms with Gasteiger partial charge in [-0.15, -0.1) is 0 Å². The lowest BCUT2D eigenvalue weighted by Gasteiger charge is -2.29. The molecular formula is C20H33N3O5. The number of aromatic nitrogens is 1. The van der Waals surface area contributed by atoms with E-state index in [1.54, 1.807) is 20.8 Å². The molecule has 0 radical (unpaired) electrons. The van der Waals surface area contributed by atoms with E-state index in [9.17, 15) is 14.4 Å². The molecule has 0 aliphatic heterocycles. The molecule has 0 saturated heterocycles. The maximum Gasteiger partial charge on any atom is 0.354 e. The third-order valence-electron chi connectivity index (χ3n) is 4.49. The van der Waals surface area contributed by atoms with Crippen LogP contribution in [0.4, 0.5) is 4.79 Å². The molecule has 28 heavy (non-hydrogen) atoms. The summed E-state index contributed by atoms with van der Waals surface area (Å²) in [6.07, 6.45) is 0.621. The number of carbonyl (C=O) groups is 3. The summed E-state index contributed by atoms with van der Waals surface area (Å²) in [5, 5.41) is 2.84. The Morgan fingerprint density at radius 1 is 1.18 bits per heavy atom. The fourth-order valence-corrected chi connectivity index (χ4v) is 3.06. The van der Waals surface area contributed by atoms with Crippen LogP contribution < -0.4 is 5.32 Å². The zero-order valence-electron chi connectivity index (χ0n) is 18.0. The smallest absolute Gasteiger partial charge is 0.354 e. The fourth-order valence-electron chi connectivity index (χ4n) is 3.06. The number of aryl methyl sites for hydroxylation is 1. The predicted molar refractivity (Wildman–Crippen MR) is 107 cm³/mol. The number of nitrogens with zero attached hydrogens (tertiary/aromatic N) is 1. The third kappa shape index (κ3) is 5.82. The lowest BCUT2D eigenvalue weighted by Crippen LogP contribution is -2.50. The van der Waals surface area contributed by atoms with Crippen LogP contribution in [0, 0.1) is 13.8 Å². The van der Waals surface area contributed by atoms with E-state index in [2.05, 4.69) is 10.3 Å². The number of nitrogens with one attached hydrogen (secondary N) is 2. The molecule has 2 amide bonds. The Hall–Kier alpha value is -2.35. The molecule has 1 rings (SSSR count). The average Bonchev–Trinajstić information content (AvgIpc) is 2.93. The normalized spacial score (nSPS) is 12.0. The van der Waals surface area contributed by atoms with Crippen LogP contribution in [0.3, 0.4) is 0 Å². The molecule has 1 aromatic heterocycles. The van der Waals surface area contributed by atoms with Gasteiger partial charge in [-0.1, -0.05) is 0 Å². The monoisotopic (exact) mass is 395 g/mol. The summed E-state index contributed by atoms with van der Waals surface area (Å²) in [7, 11) is 1.29. The van der Waals surface area contributed by atoms with Gasteiger partial charge < -0.3 is 24.7 Å². The van der Waals surface area contributed by atoms with Crippen molar-refractivity contribution < 1.29 is 23.9 Å². The van der Waals surface area contributed by atoms with Gasteiger partial charge in [0, 0.05) is 37.1 Å². The second kappa shape index (κ2) is 10.8. The number of aromatic amines is 1. The van der Waals surface area contributed by atoms with Crippen molar-refractivity contribution in [2.45, 2.75) is 60.0 Å². The van der Waals surface area contributed by atoms with Crippen LogP contribution in [-0.4, -0.2) is 66.6 Å². The summed E-state index contributed by atoms with van der Waals surface area (Å²) < 4.78 is 10.1. The number of ketones is 1. The van der Waals surface area contributed by atoms with Crippen molar-refractivity contribution in [2.24, 2.45) is 0 Å². The molecule has 0 fully saturated rings. The van der Waals surface area contributed by atoms with E-state index in [0.717, 1.165) is 0 Å². The highest BCUT2D eigenvalue weighted by Gasteiger charge is 2.31. The maximum absolute atomic E-state index is 13.2. The molecule has 1 unspecified atom stereocenters. The Labute approximate surface area is 167 Å². The Morgan fingerprint density at radius 2 is 1.82 bits per heavy atom. The molecule has 1 atom stereocenters. The van der Waals surface area contributed by atoms with Gasteiger partial charge in [0.15, 0.2) is 5.78 Å². The van der Waals surface area contributed by atoms with Gasteiger partial charge in [0.2, 0.25) is 0 Å². The number of urea groups is 1. The average molecular weight is 396 g/mol. The molecule has 8 nitrogen and oxygen atoms in total. The van der Waals surface area contributed by atoms with Crippen LogP contribution in [-0.2, 0) is 9.47 Å². The summed E-state index contributed by atoms with van der Waals surface area (Å²) >= 11 is 0. The van der Waals surface area contributed by atoms with Gasteiger partial charge in [-0.3, -0.25) is 4.79 Å². The van der Waals surface area contributed by atoms with Gasteiger partial charge in [0.25, 0.3) is 0 Å². The van der Waals surface area contributed by atoms with E-state index in [0.29, 0.717) is 43.0 Å². The minimum Gasteiger partial charge on any atom is -0.464 e. The number of carbonyl (C=O) groups excluding carboxylic acids is 3. The molecular weight excluding hydrogens is 362 g/mol.